The molecule has 96 valence electrons. The van der Waals surface area contributed by atoms with Crippen LogP contribution in [-0.2, 0) is 5.41 Å². The van der Waals surface area contributed by atoms with Crippen molar-refractivity contribution in [2.75, 3.05) is 0 Å². The molecule has 0 radical (unpaired) electrons. The number of nitrogens with zero attached hydrogens (tertiary/aromatic N) is 3. The van der Waals surface area contributed by atoms with E-state index in [1.54, 1.807) is 6.20 Å². The Morgan fingerprint density at radius 2 is 1.89 bits per heavy atom. The highest BCUT2D eigenvalue weighted by molar-refractivity contribution is 14.1. The average Bonchev–Trinajstić information content (AvgIpc) is 2.67. The Bertz CT molecular complexity index is 592. The highest BCUT2D eigenvalue weighted by atomic mass is 127. The summed E-state index contributed by atoms with van der Waals surface area (Å²) in [6.07, 6.45) is 1.59. The molecule has 0 atom stereocenters. The van der Waals surface area contributed by atoms with Crippen molar-refractivity contribution in [2.24, 2.45) is 0 Å². The van der Waals surface area contributed by atoms with E-state index in [1.165, 1.54) is 11.3 Å². The highest BCUT2D eigenvalue weighted by Gasteiger charge is 2.23. The van der Waals surface area contributed by atoms with Gasteiger partial charge in [0, 0.05) is 5.41 Å². The van der Waals surface area contributed by atoms with Crippen molar-refractivity contribution in [1.82, 2.24) is 15.0 Å². The Labute approximate surface area is 133 Å². The molecule has 0 aromatic carbocycles. The largest absolute Gasteiger partial charge is 0.240 e. The van der Waals surface area contributed by atoms with Crippen molar-refractivity contribution in [3.8, 4) is 10.8 Å². The summed E-state index contributed by atoms with van der Waals surface area (Å²) >= 11 is 15.6. The van der Waals surface area contributed by atoms with Crippen molar-refractivity contribution in [3.05, 3.63) is 25.0 Å². The fraction of sp³-hybridized carbons (Fsp3) is 0.364. The zero-order chi connectivity index (χ0) is 13.5. The van der Waals surface area contributed by atoms with E-state index in [0.29, 0.717) is 20.3 Å². The minimum atomic E-state index is -0.0983. The predicted molar refractivity (Wildman–Crippen MR) is 84.6 cm³/mol. The van der Waals surface area contributed by atoms with Crippen LogP contribution in [0.5, 0.6) is 0 Å². The average molecular weight is 414 g/mol. The first-order chi connectivity index (χ1) is 8.29. The number of hydrogen-bond donors (Lipinski definition) is 0. The molecule has 3 nitrogen and oxygen atoms in total. The lowest BCUT2D eigenvalue weighted by atomic mass is 9.92. The van der Waals surface area contributed by atoms with Gasteiger partial charge in [0.05, 0.1) is 15.5 Å². The number of halogens is 3. The summed E-state index contributed by atoms with van der Waals surface area (Å²) in [4.78, 5) is 13.0. The number of hydrogen-bond acceptors (Lipinski definition) is 4. The molecule has 0 aliphatic carbocycles. The molecule has 2 aromatic heterocycles. The molecule has 2 rings (SSSR count). The maximum atomic E-state index is 6.17. The fourth-order valence-corrected chi connectivity index (χ4v) is 3.44. The summed E-state index contributed by atoms with van der Waals surface area (Å²) in [7, 11) is 0. The summed E-state index contributed by atoms with van der Waals surface area (Å²) in [5.41, 5.74) is 0.822. The van der Waals surface area contributed by atoms with Crippen molar-refractivity contribution >= 4 is 57.1 Å². The molecule has 0 N–H and O–H groups in total. The molecule has 0 saturated heterocycles. The Morgan fingerprint density at radius 3 is 2.39 bits per heavy atom. The van der Waals surface area contributed by atoms with Crippen molar-refractivity contribution in [3.63, 3.8) is 0 Å². The van der Waals surface area contributed by atoms with Gasteiger partial charge in [0.25, 0.3) is 0 Å². The quantitative estimate of drug-likeness (QED) is 0.497. The highest BCUT2D eigenvalue weighted by Crippen LogP contribution is 2.33. The fourth-order valence-electron chi connectivity index (χ4n) is 1.37. The molecule has 0 bridgehead atoms. The van der Waals surface area contributed by atoms with Crippen LogP contribution in [0.25, 0.3) is 10.8 Å². The van der Waals surface area contributed by atoms with Gasteiger partial charge in [-0.1, -0.05) is 55.3 Å². The van der Waals surface area contributed by atoms with E-state index in [2.05, 4.69) is 58.3 Å². The second kappa shape index (κ2) is 5.19. The van der Waals surface area contributed by atoms with Crippen LogP contribution in [0.2, 0.25) is 9.49 Å². The molecular formula is C11H10Cl2IN3S. The zero-order valence-corrected chi connectivity index (χ0v) is 14.4. The smallest absolute Gasteiger partial charge is 0.190 e. The third kappa shape index (κ3) is 2.95. The third-order valence-corrected chi connectivity index (χ3v) is 4.91. The molecule has 2 heterocycles. The van der Waals surface area contributed by atoms with Crippen LogP contribution >= 0.6 is 57.1 Å². The Kier molecular flexibility index (Phi) is 4.16. The molecule has 7 heteroatoms. The molecule has 0 aliphatic heterocycles. The molecular weight excluding hydrogens is 404 g/mol. The maximum Gasteiger partial charge on any atom is 0.190 e. The maximum absolute atomic E-state index is 6.17. The lowest BCUT2D eigenvalue weighted by Gasteiger charge is -2.20. The molecule has 2 aromatic rings. The monoisotopic (exact) mass is 413 g/mol. The van der Waals surface area contributed by atoms with E-state index < -0.39 is 0 Å². The summed E-state index contributed by atoms with van der Waals surface area (Å²) in [6, 6.07) is 0. The first-order valence-corrected chi connectivity index (χ1v) is 7.79. The minimum absolute atomic E-state index is 0.0983. The van der Waals surface area contributed by atoms with Crippen LogP contribution in [0.4, 0.5) is 0 Å². The van der Waals surface area contributed by atoms with Gasteiger partial charge in [-0.15, -0.1) is 0 Å². The summed E-state index contributed by atoms with van der Waals surface area (Å²) in [5.74, 6) is 0.530. The molecule has 0 amide bonds. The topological polar surface area (TPSA) is 38.7 Å². The summed E-state index contributed by atoms with van der Waals surface area (Å²) < 4.78 is 1.49. The van der Waals surface area contributed by atoms with Gasteiger partial charge in [-0.25, -0.2) is 15.0 Å². The Balaban J connectivity index is 2.61. The Morgan fingerprint density at radius 1 is 1.22 bits per heavy atom. The molecule has 0 aliphatic rings. The van der Waals surface area contributed by atoms with Gasteiger partial charge in [0.2, 0.25) is 0 Å². The first-order valence-electron chi connectivity index (χ1n) is 5.14. The normalized spacial score (nSPS) is 11.9. The van der Waals surface area contributed by atoms with Crippen LogP contribution in [0.15, 0.2) is 6.20 Å². The number of rotatable bonds is 1. The van der Waals surface area contributed by atoms with Gasteiger partial charge in [0.15, 0.2) is 10.8 Å². The van der Waals surface area contributed by atoms with Crippen molar-refractivity contribution < 1.29 is 0 Å². The van der Waals surface area contributed by atoms with E-state index in [0.717, 1.165) is 9.26 Å². The molecule has 0 spiro atoms. The number of aromatic nitrogens is 3. The SMILES string of the molecule is CC(C)(C)c1nc(-c2ncc(Cl)s2)nc(Cl)c1I. The van der Waals surface area contributed by atoms with E-state index in [9.17, 15) is 0 Å². The van der Waals surface area contributed by atoms with E-state index >= 15 is 0 Å². The molecule has 0 fully saturated rings. The van der Waals surface area contributed by atoms with Gasteiger partial charge in [-0.2, -0.15) is 0 Å². The van der Waals surface area contributed by atoms with Gasteiger partial charge in [0.1, 0.15) is 9.49 Å². The van der Waals surface area contributed by atoms with Crippen LogP contribution in [-0.4, -0.2) is 15.0 Å². The third-order valence-electron chi connectivity index (χ3n) is 2.19. The van der Waals surface area contributed by atoms with E-state index in [4.69, 9.17) is 23.2 Å². The van der Waals surface area contributed by atoms with Gasteiger partial charge >= 0.3 is 0 Å². The molecule has 18 heavy (non-hydrogen) atoms. The summed E-state index contributed by atoms with van der Waals surface area (Å²) in [6.45, 7) is 6.27. The van der Waals surface area contributed by atoms with Gasteiger partial charge < -0.3 is 0 Å². The van der Waals surface area contributed by atoms with Gasteiger partial charge in [-0.3, -0.25) is 0 Å². The van der Waals surface area contributed by atoms with Crippen LogP contribution in [0.3, 0.4) is 0 Å². The molecule has 0 saturated carbocycles. The minimum Gasteiger partial charge on any atom is -0.240 e. The van der Waals surface area contributed by atoms with Crippen molar-refractivity contribution in [2.45, 2.75) is 26.2 Å². The van der Waals surface area contributed by atoms with E-state index in [1.807, 2.05) is 0 Å². The van der Waals surface area contributed by atoms with Crippen LogP contribution < -0.4 is 0 Å². The van der Waals surface area contributed by atoms with E-state index in [-0.39, 0.29) is 5.41 Å². The Hall–Kier alpha value is 0.0200. The zero-order valence-electron chi connectivity index (χ0n) is 9.96. The first kappa shape index (κ1) is 14.4. The summed E-state index contributed by atoms with van der Waals surface area (Å²) in [5, 5.41) is 1.14. The standard InChI is InChI=1S/C11H10Cl2IN3S/c1-11(2,3)7-6(14)8(13)17-9(16-7)10-15-4-5(12)18-10/h4H,1-3H3. The molecule has 0 unspecified atom stereocenters. The predicted octanol–water partition coefficient (Wildman–Crippen LogP) is 4.81. The van der Waals surface area contributed by atoms with Crippen molar-refractivity contribution in [1.29, 1.82) is 0 Å². The lowest BCUT2D eigenvalue weighted by molar-refractivity contribution is 0.563. The lowest BCUT2D eigenvalue weighted by Crippen LogP contribution is -2.17. The number of thiazole rings is 1. The van der Waals surface area contributed by atoms with Crippen LogP contribution in [0.1, 0.15) is 26.5 Å². The van der Waals surface area contributed by atoms with Gasteiger partial charge in [-0.05, 0) is 22.6 Å². The van der Waals surface area contributed by atoms with Crippen LogP contribution in [0, 0.1) is 3.57 Å². The second-order valence-corrected chi connectivity index (χ2v) is 7.82. The second-order valence-electron chi connectivity index (χ2n) is 4.72.